The van der Waals surface area contributed by atoms with Gasteiger partial charge in [0.1, 0.15) is 0 Å². The quantitative estimate of drug-likeness (QED) is 0.141. The van der Waals surface area contributed by atoms with Gasteiger partial charge in [-0.15, -0.1) is 0 Å². The van der Waals surface area contributed by atoms with E-state index in [0.717, 1.165) is 51.4 Å². The molecule has 0 saturated heterocycles. The molecule has 0 spiro atoms. The van der Waals surface area contributed by atoms with Crippen molar-refractivity contribution >= 4 is 83.4 Å². The van der Waals surface area contributed by atoms with Gasteiger partial charge in [-0.1, -0.05) is 101 Å². The number of rotatable bonds is 8. The van der Waals surface area contributed by atoms with Crippen LogP contribution < -0.4 is 0 Å². The van der Waals surface area contributed by atoms with Gasteiger partial charge in [0.25, 0.3) is 0 Å². The van der Waals surface area contributed by atoms with Crippen molar-refractivity contribution in [3.05, 3.63) is 0 Å². The maximum atomic E-state index is 5.90. The van der Waals surface area contributed by atoms with E-state index in [-0.39, 0.29) is 48.3 Å². The van der Waals surface area contributed by atoms with E-state index >= 15 is 0 Å². The van der Waals surface area contributed by atoms with Crippen LogP contribution >= 0.6 is 11.4 Å². The van der Waals surface area contributed by atoms with Crippen molar-refractivity contribution in [3.63, 3.8) is 0 Å². The molecule has 4 rings (SSSR count). The van der Waals surface area contributed by atoms with Gasteiger partial charge in [0.15, 0.2) is 0 Å². The minimum atomic E-state index is -2.41. The average molecular weight is 706 g/mol. The first kappa shape index (κ1) is 33.8. The van der Waals surface area contributed by atoms with Crippen molar-refractivity contribution in [2.45, 2.75) is 153 Å². The Morgan fingerprint density at radius 3 is 0.743 bits per heavy atom. The summed E-state index contributed by atoms with van der Waals surface area (Å²) >= 11 is 21.5. The Bertz CT molecular complexity index is 562. The van der Waals surface area contributed by atoms with Gasteiger partial charge in [0.2, 0.25) is 0 Å². The summed E-state index contributed by atoms with van der Waals surface area (Å²) in [4.78, 5) is 0. The van der Waals surface area contributed by atoms with Gasteiger partial charge in [-0.25, -0.2) is 0 Å². The minimum absolute atomic E-state index is 0. The van der Waals surface area contributed by atoms with E-state index in [1.54, 1.807) is 0 Å². The Kier molecular flexibility index (Phi) is 17.5. The first-order valence-electron chi connectivity index (χ1n) is 13.7. The first-order valence-corrected chi connectivity index (χ1v) is 21.0. The third-order valence-electron chi connectivity index (χ3n) is 7.32. The van der Waals surface area contributed by atoms with Crippen LogP contribution in [-0.4, -0.2) is 48.3 Å². The molecule has 0 aromatic carbocycles. The second-order valence-electron chi connectivity index (χ2n) is 10.4. The van der Waals surface area contributed by atoms with Crippen molar-refractivity contribution in [2.75, 3.05) is 0 Å². The molecular formula is C24H44O4P2S4Sn. The summed E-state index contributed by atoms with van der Waals surface area (Å²) in [5, 5.41) is 0. The molecule has 2 radical (unpaired) electrons. The molecule has 0 aromatic heterocycles. The molecule has 4 aliphatic carbocycles. The van der Waals surface area contributed by atoms with Crippen molar-refractivity contribution in [3.8, 4) is 0 Å². The van der Waals surface area contributed by atoms with E-state index in [1.807, 2.05) is 0 Å². The molecular weight excluding hydrogens is 661 g/mol. The first-order chi connectivity index (χ1) is 16.3. The Hall–Kier alpha value is 2.64. The fourth-order valence-corrected chi connectivity index (χ4v) is 10.8. The van der Waals surface area contributed by atoms with E-state index in [1.165, 1.54) is 77.0 Å². The van der Waals surface area contributed by atoms with Crippen molar-refractivity contribution in [1.29, 1.82) is 0 Å². The van der Waals surface area contributed by atoms with Crippen LogP contribution in [0.1, 0.15) is 128 Å². The van der Waals surface area contributed by atoms with Crippen molar-refractivity contribution in [1.82, 2.24) is 0 Å². The summed E-state index contributed by atoms with van der Waals surface area (Å²) in [6.45, 7) is 0. The van der Waals surface area contributed by atoms with Crippen molar-refractivity contribution < 1.29 is 18.1 Å². The molecule has 0 atom stereocenters. The molecule has 202 valence electrons. The minimum Gasteiger partial charge on any atom is -0.691 e. The molecule has 0 N–H and O–H groups in total. The zero-order valence-corrected chi connectivity index (χ0v) is 29.0. The smallest absolute Gasteiger partial charge is 0.691 e. The second kappa shape index (κ2) is 18.1. The van der Waals surface area contributed by atoms with Crippen LogP contribution in [0.5, 0.6) is 0 Å². The molecule has 4 nitrogen and oxygen atoms in total. The second-order valence-corrected chi connectivity index (χ2v) is 20.1. The van der Waals surface area contributed by atoms with Crippen LogP contribution in [0, 0.1) is 0 Å². The Morgan fingerprint density at radius 1 is 0.400 bits per heavy atom. The predicted octanol–water partition coefficient (Wildman–Crippen LogP) is 8.53. The largest absolute Gasteiger partial charge is 2.00 e. The SMILES string of the molecule is S=P([S-])(OC1CCCCC1)OC1CCCCC1.S=P([S-])(OC1CCCCC1)OC1CCCCC1.[Sn+2]. The predicted molar refractivity (Wildman–Crippen MR) is 161 cm³/mol. The molecule has 0 amide bonds. The Labute approximate surface area is 252 Å². The van der Waals surface area contributed by atoms with E-state index in [0.29, 0.717) is 0 Å². The van der Waals surface area contributed by atoms with Gasteiger partial charge in [0.05, 0.1) is 35.8 Å². The summed E-state index contributed by atoms with van der Waals surface area (Å²) in [6.07, 6.45) is 25.3. The van der Waals surface area contributed by atoms with Gasteiger partial charge >= 0.3 is 23.9 Å². The molecule has 0 aliphatic heterocycles. The zero-order valence-electron chi connectivity index (χ0n) is 21.1. The maximum Gasteiger partial charge on any atom is 2.00 e. The van der Waals surface area contributed by atoms with Crippen LogP contribution in [0.3, 0.4) is 0 Å². The van der Waals surface area contributed by atoms with E-state index < -0.39 is 11.4 Å². The molecule has 0 bridgehead atoms. The van der Waals surface area contributed by atoms with Crippen LogP contribution in [0.4, 0.5) is 0 Å². The summed E-state index contributed by atoms with van der Waals surface area (Å²) in [5.74, 6) is 0. The Morgan fingerprint density at radius 2 is 0.571 bits per heavy atom. The van der Waals surface area contributed by atoms with Crippen LogP contribution in [0.15, 0.2) is 0 Å². The van der Waals surface area contributed by atoms with Gasteiger partial charge < -0.3 is 42.6 Å². The Balaban J connectivity index is 0.000000240. The third kappa shape index (κ3) is 14.7. The summed E-state index contributed by atoms with van der Waals surface area (Å²) < 4.78 is 23.6. The zero-order chi connectivity index (χ0) is 24.3. The molecule has 0 heterocycles. The number of hydrogen-bond acceptors (Lipinski definition) is 8. The molecule has 0 aromatic rings. The van der Waals surface area contributed by atoms with E-state index in [4.69, 9.17) is 66.2 Å². The normalized spacial score (nSPS) is 24.3. The van der Waals surface area contributed by atoms with Gasteiger partial charge in [-0.2, -0.15) is 0 Å². The van der Waals surface area contributed by atoms with Crippen molar-refractivity contribution in [2.24, 2.45) is 0 Å². The molecule has 0 unspecified atom stereocenters. The molecule has 11 heteroatoms. The fourth-order valence-electron chi connectivity index (χ4n) is 5.46. The fraction of sp³-hybridized carbons (Fsp3) is 1.00. The molecule has 4 fully saturated rings. The van der Waals surface area contributed by atoms with Crippen LogP contribution in [-0.2, 0) is 66.2 Å². The molecule has 4 saturated carbocycles. The van der Waals surface area contributed by atoms with Gasteiger partial charge in [-0.3, -0.25) is 0 Å². The molecule has 4 aliphatic rings. The maximum absolute atomic E-state index is 5.90. The third-order valence-corrected chi connectivity index (χ3v) is 11.6. The summed E-state index contributed by atoms with van der Waals surface area (Å²) in [6, 6.07) is 0. The topological polar surface area (TPSA) is 36.9 Å². The monoisotopic (exact) mass is 706 g/mol. The van der Waals surface area contributed by atoms with Gasteiger partial charge in [-0.05, 0) is 51.4 Å². The standard InChI is InChI=1S/2C12H23O2PS2.Sn/c2*16-15(17,13-11-7-3-1-4-8-11)14-12-9-5-2-6-10-12;/h2*11-12H,1-10H2,(H,16,17);/q;;+2/p-2. The average Bonchev–Trinajstić information content (AvgIpc) is 2.81. The van der Waals surface area contributed by atoms with E-state index in [9.17, 15) is 0 Å². The van der Waals surface area contributed by atoms with Gasteiger partial charge in [0, 0.05) is 0 Å². The van der Waals surface area contributed by atoms with Crippen LogP contribution in [0.25, 0.3) is 0 Å². The van der Waals surface area contributed by atoms with E-state index in [2.05, 4.69) is 0 Å². The molecule has 35 heavy (non-hydrogen) atoms. The van der Waals surface area contributed by atoms with Crippen LogP contribution in [0.2, 0.25) is 0 Å². The summed E-state index contributed by atoms with van der Waals surface area (Å²) in [5.41, 5.74) is -4.83. The number of hydrogen-bond donors (Lipinski definition) is 0. The summed E-state index contributed by atoms with van der Waals surface area (Å²) in [7, 11) is 0.